The van der Waals surface area contributed by atoms with Crippen molar-refractivity contribution in [3.63, 3.8) is 0 Å². The molecule has 2 saturated heterocycles. The summed E-state index contributed by atoms with van der Waals surface area (Å²) in [6.07, 6.45) is 2.33. The van der Waals surface area contributed by atoms with Crippen LogP contribution in [0.25, 0.3) is 0 Å². The smallest absolute Gasteiger partial charge is 0.309 e. The zero-order valence-corrected chi connectivity index (χ0v) is 20.4. The van der Waals surface area contributed by atoms with E-state index in [2.05, 4.69) is 5.32 Å². The van der Waals surface area contributed by atoms with Gasteiger partial charge in [-0.15, -0.1) is 0 Å². The second kappa shape index (κ2) is 9.91. The monoisotopic (exact) mass is 493 g/mol. The van der Waals surface area contributed by atoms with Crippen LogP contribution in [-0.2, 0) is 29.1 Å². The van der Waals surface area contributed by atoms with Crippen LogP contribution in [0.15, 0.2) is 17.0 Å². The highest BCUT2D eigenvalue weighted by molar-refractivity contribution is 7.89. The fraction of sp³-hybridized carbons (Fsp3) is 0.609. The number of likely N-dealkylation sites (tertiary alicyclic amines) is 1. The van der Waals surface area contributed by atoms with Gasteiger partial charge in [-0.05, 0) is 51.2 Å². The van der Waals surface area contributed by atoms with Gasteiger partial charge in [0.1, 0.15) is 5.75 Å². The van der Waals surface area contributed by atoms with Crippen LogP contribution in [-0.4, -0.2) is 74.8 Å². The molecule has 2 fully saturated rings. The Balaban J connectivity index is 1.44. The third kappa shape index (κ3) is 4.90. The summed E-state index contributed by atoms with van der Waals surface area (Å²) in [5.41, 5.74) is 0.949. The highest BCUT2D eigenvalue weighted by Crippen LogP contribution is 2.35. The molecular formula is C23H31N3O7S. The predicted octanol–water partition coefficient (Wildman–Crippen LogP) is 1.53. The number of esters is 1. The maximum atomic E-state index is 13.5. The minimum atomic E-state index is -3.85. The fourth-order valence-electron chi connectivity index (χ4n) is 4.85. The number of aryl methyl sites for hydroxylation is 1. The van der Waals surface area contributed by atoms with E-state index in [4.69, 9.17) is 9.47 Å². The lowest BCUT2D eigenvalue weighted by Gasteiger charge is -2.37. The Bertz CT molecular complexity index is 1080. The molecule has 0 aliphatic carbocycles. The third-order valence-corrected chi connectivity index (χ3v) is 8.69. The van der Waals surface area contributed by atoms with Gasteiger partial charge in [0.2, 0.25) is 15.9 Å². The lowest BCUT2D eigenvalue weighted by Crippen LogP contribution is -2.49. The number of nitrogens with one attached hydrogen (secondary N) is 1. The molecule has 2 amide bonds. The summed E-state index contributed by atoms with van der Waals surface area (Å²) in [5.74, 6) is -0.852. The van der Waals surface area contributed by atoms with E-state index < -0.39 is 15.9 Å². The number of nitrogens with zero attached hydrogens (tertiary/aromatic N) is 2. The van der Waals surface area contributed by atoms with Crippen molar-refractivity contribution in [1.29, 1.82) is 0 Å². The van der Waals surface area contributed by atoms with Crippen molar-refractivity contribution < 1.29 is 32.3 Å². The molecule has 0 unspecified atom stereocenters. The quantitative estimate of drug-likeness (QED) is 0.617. The normalized spacial score (nSPS) is 21.9. The Morgan fingerprint density at radius 3 is 2.59 bits per heavy atom. The van der Waals surface area contributed by atoms with Crippen molar-refractivity contribution >= 4 is 33.5 Å². The number of rotatable bonds is 5. The average Bonchev–Trinajstić information content (AvgIpc) is 2.83. The first kappa shape index (κ1) is 24.5. The molecule has 1 aromatic carbocycles. The van der Waals surface area contributed by atoms with Crippen molar-refractivity contribution in [2.45, 2.75) is 44.4 Å². The summed E-state index contributed by atoms with van der Waals surface area (Å²) in [6, 6.07) is 3.05. The number of hydrogen-bond acceptors (Lipinski definition) is 7. The number of carbonyl (C=O) groups excluding carboxylic acids is 3. The summed E-state index contributed by atoms with van der Waals surface area (Å²) in [6.45, 7) is 5.02. The van der Waals surface area contributed by atoms with Crippen LogP contribution >= 0.6 is 0 Å². The van der Waals surface area contributed by atoms with Gasteiger partial charge in [0, 0.05) is 32.2 Å². The van der Waals surface area contributed by atoms with Crippen molar-refractivity contribution in [1.82, 2.24) is 9.21 Å². The van der Waals surface area contributed by atoms with Gasteiger partial charge in [-0.3, -0.25) is 14.4 Å². The lowest BCUT2D eigenvalue weighted by atomic mass is 9.93. The van der Waals surface area contributed by atoms with Gasteiger partial charge in [0.25, 0.3) is 5.91 Å². The number of fused-ring (bicyclic) bond motifs is 1. The van der Waals surface area contributed by atoms with Crippen LogP contribution in [0.3, 0.4) is 0 Å². The lowest BCUT2D eigenvalue weighted by molar-refractivity contribution is -0.152. The number of ether oxygens (including phenoxy) is 2. The molecule has 3 heterocycles. The van der Waals surface area contributed by atoms with Gasteiger partial charge in [-0.1, -0.05) is 0 Å². The number of piperidine rings is 2. The van der Waals surface area contributed by atoms with Gasteiger partial charge >= 0.3 is 5.97 Å². The van der Waals surface area contributed by atoms with Gasteiger partial charge in [-0.2, -0.15) is 4.31 Å². The SMILES string of the molecule is CCOC(=O)C1CCN(C(=O)[C@H]2CCCN(S(=O)(=O)c3cc4c(cc3C)NC(=O)CO4)C2)CC1. The Kier molecular flexibility index (Phi) is 7.13. The van der Waals surface area contributed by atoms with E-state index in [1.54, 1.807) is 24.8 Å². The molecule has 1 atom stereocenters. The zero-order chi connectivity index (χ0) is 24.5. The molecule has 186 valence electrons. The minimum Gasteiger partial charge on any atom is -0.482 e. The molecule has 0 radical (unpaired) electrons. The van der Waals surface area contributed by atoms with Crippen molar-refractivity contribution in [2.75, 3.05) is 44.7 Å². The molecule has 3 aliphatic rings. The van der Waals surface area contributed by atoms with E-state index in [0.717, 1.165) is 0 Å². The van der Waals surface area contributed by atoms with Crippen LogP contribution in [0, 0.1) is 18.8 Å². The molecule has 0 aromatic heterocycles. The largest absolute Gasteiger partial charge is 0.482 e. The minimum absolute atomic E-state index is 0.0598. The van der Waals surface area contributed by atoms with Crippen molar-refractivity contribution in [3.8, 4) is 5.75 Å². The van der Waals surface area contributed by atoms with Gasteiger partial charge in [0.15, 0.2) is 6.61 Å². The van der Waals surface area contributed by atoms with Crippen molar-refractivity contribution in [2.24, 2.45) is 11.8 Å². The van der Waals surface area contributed by atoms with E-state index in [1.165, 1.54) is 10.4 Å². The Morgan fingerprint density at radius 2 is 1.88 bits per heavy atom. The average molecular weight is 494 g/mol. The van der Waals surface area contributed by atoms with Crippen LogP contribution in [0.4, 0.5) is 5.69 Å². The molecule has 3 aliphatic heterocycles. The number of anilines is 1. The fourth-order valence-corrected chi connectivity index (χ4v) is 6.59. The highest BCUT2D eigenvalue weighted by atomic mass is 32.2. The second-order valence-corrected chi connectivity index (χ2v) is 10.9. The number of carbonyl (C=O) groups is 3. The number of amides is 2. The third-order valence-electron chi connectivity index (χ3n) is 6.69. The van der Waals surface area contributed by atoms with Crippen molar-refractivity contribution in [3.05, 3.63) is 17.7 Å². The summed E-state index contributed by atoms with van der Waals surface area (Å²) in [4.78, 5) is 38.6. The second-order valence-electron chi connectivity index (χ2n) is 9.00. The molecular weight excluding hydrogens is 462 g/mol. The molecule has 1 N–H and O–H groups in total. The summed E-state index contributed by atoms with van der Waals surface area (Å²) in [7, 11) is -3.85. The van der Waals surface area contributed by atoms with E-state index >= 15 is 0 Å². The molecule has 4 rings (SSSR count). The van der Waals surface area contributed by atoms with Crippen LogP contribution in [0.1, 0.15) is 38.2 Å². The standard InChI is InChI=1S/C23H31N3O7S/c1-3-32-23(29)16-6-9-25(10-7-16)22(28)17-5-4-8-26(13-17)34(30,31)20-12-19-18(11-15(20)2)24-21(27)14-33-19/h11-12,16-17H,3-10,13-14H2,1-2H3,(H,24,27)/t17-/m0/s1. The van der Waals surface area contributed by atoms with E-state index in [-0.39, 0.29) is 41.7 Å². The van der Waals surface area contributed by atoms with Crippen LogP contribution in [0.2, 0.25) is 0 Å². The van der Waals surface area contributed by atoms with E-state index in [1.807, 2.05) is 0 Å². The van der Waals surface area contributed by atoms with E-state index in [0.29, 0.717) is 68.9 Å². The number of hydrogen-bond donors (Lipinski definition) is 1. The van der Waals surface area contributed by atoms with Crippen LogP contribution < -0.4 is 10.1 Å². The molecule has 0 saturated carbocycles. The first-order valence-corrected chi connectivity index (χ1v) is 13.2. The first-order chi connectivity index (χ1) is 16.2. The number of benzene rings is 1. The molecule has 0 spiro atoms. The molecule has 0 bridgehead atoms. The molecule has 34 heavy (non-hydrogen) atoms. The summed E-state index contributed by atoms with van der Waals surface area (Å²) >= 11 is 0. The van der Waals surface area contributed by atoms with Gasteiger partial charge in [0.05, 0.1) is 29.0 Å². The van der Waals surface area contributed by atoms with Crippen LogP contribution in [0.5, 0.6) is 5.75 Å². The molecule has 1 aromatic rings. The summed E-state index contributed by atoms with van der Waals surface area (Å²) in [5, 5.41) is 2.68. The maximum absolute atomic E-state index is 13.5. The molecule has 10 nitrogen and oxygen atoms in total. The number of sulfonamides is 1. The predicted molar refractivity (Wildman–Crippen MR) is 123 cm³/mol. The maximum Gasteiger partial charge on any atom is 0.309 e. The van der Waals surface area contributed by atoms with E-state index in [9.17, 15) is 22.8 Å². The topological polar surface area (TPSA) is 122 Å². The summed E-state index contributed by atoms with van der Waals surface area (Å²) < 4.78 is 38.8. The Labute approximate surface area is 199 Å². The zero-order valence-electron chi connectivity index (χ0n) is 19.5. The molecule has 11 heteroatoms. The van der Waals surface area contributed by atoms with Gasteiger partial charge < -0.3 is 19.7 Å². The Hall–Kier alpha value is -2.66. The first-order valence-electron chi connectivity index (χ1n) is 11.7. The van der Waals surface area contributed by atoms with Gasteiger partial charge in [-0.25, -0.2) is 8.42 Å². The Morgan fingerprint density at radius 1 is 1.15 bits per heavy atom. The highest BCUT2D eigenvalue weighted by Gasteiger charge is 2.38.